The third-order valence-corrected chi connectivity index (χ3v) is 4.33. The summed E-state index contributed by atoms with van der Waals surface area (Å²) >= 11 is 1.27. The fraction of sp³-hybridized carbons (Fsp3) is 0.500. The molecule has 0 fully saturated rings. The molecule has 0 atom stereocenters. The number of thioether (sulfide) groups is 1. The molecule has 136 valence electrons. The largest absolute Gasteiger partial charge is 0.360 e. The normalized spacial score (nSPS) is 10.9. The second-order valence-corrected chi connectivity index (χ2v) is 6.99. The molecule has 0 bridgehead atoms. The van der Waals surface area contributed by atoms with Gasteiger partial charge in [-0.15, -0.1) is 11.8 Å². The van der Waals surface area contributed by atoms with E-state index in [2.05, 4.69) is 15.6 Å². The van der Waals surface area contributed by atoms with E-state index < -0.39 is 0 Å². The van der Waals surface area contributed by atoms with E-state index in [1.54, 1.807) is 28.8 Å². The standard InChI is InChI=1S/C16H23N5O3S/c1-11(2)21(8-13-6-17-20(4)7-13)16(23)10-25-9-15(22)18-14-5-12(3)24-19-14/h5-7,11H,8-10H2,1-4H3,(H,18,19,22). The number of nitrogens with zero attached hydrogens (tertiary/aromatic N) is 4. The van der Waals surface area contributed by atoms with Crippen molar-refractivity contribution in [2.75, 3.05) is 16.8 Å². The first-order chi connectivity index (χ1) is 11.8. The minimum absolute atomic E-state index is 0.00562. The Morgan fingerprint density at radius 1 is 1.40 bits per heavy atom. The van der Waals surface area contributed by atoms with Gasteiger partial charge in [-0.1, -0.05) is 5.16 Å². The fourth-order valence-electron chi connectivity index (χ4n) is 2.23. The molecule has 0 aliphatic carbocycles. The number of carbonyl (C=O) groups is 2. The molecule has 0 saturated heterocycles. The van der Waals surface area contributed by atoms with Gasteiger partial charge in [-0.05, 0) is 20.8 Å². The van der Waals surface area contributed by atoms with E-state index in [0.717, 1.165) is 5.56 Å². The molecule has 0 aliphatic rings. The maximum atomic E-state index is 12.5. The van der Waals surface area contributed by atoms with Crippen molar-refractivity contribution in [3.63, 3.8) is 0 Å². The van der Waals surface area contributed by atoms with Gasteiger partial charge >= 0.3 is 0 Å². The zero-order chi connectivity index (χ0) is 18.4. The van der Waals surface area contributed by atoms with E-state index in [1.807, 2.05) is 27.1 Å². The number of nitrogens with one attached hydrogen (secondary N) is 1. The van der Waals surface area contributed by atoms with Crippen LogP contribution in [0.25, 0.3) is 0 Å². The molecule has 2 amide bonds. The zero-order valence-electron chi connectivity index (χ0n) is 14.9. The molecule has 2 heterocycles. The highest BCUT2D eigenvalue weighted by Gasteiger charge is 2.18. The van der Waals surface area contributed by atoms with Crippen LogP contribution in [-0.2, 0) is 23.2 Å². The molecule has 1 N–H and O–H groups in total. The summed E-state index contributed by atoms with van der Waals surface area (Å²) in [5.41, 5.74) is 0.980. The average Bonchev–Trinajstić information content (AvgIpc) is 3.12. The van der Waals surface area contributed by atoms with Crippen LogP contribution in [0.15, 0.2) is 23.0 Å². The van der Waals surface area contributed by atoms with Gasteiger partial charge in [0.25, 0.3) is 0 Å². The van der Waals surface area contributed by atoms with Crippen LogP contribution in [0.5, 0.6) is 0 Å². The molecule has 0 aliphatic heterocycles. The van der Waals surface area contributed by atoms with Crippen LogP contribution >= 0.6 is 11.8 Å². The first-order valence-electron chi connectivity index (χ1n) is 7.93. The van der Waals surface area contributed by atoms with Crippen LogP contribution in [0.3, 0.4) is 0 Å². The molecule has 0 unspecified atom stereocenters. The van der Waals surface area contributed by atoms with Crippen molar-refractivity contribution in [3.8, 4) is 0 Å². The van der Waals surface area contributed by atoms with Gasteiger partial charge < -0.3 is 14.7 Å². The van der Waals surface area contributed by atoms with E-state index >= 15 is 0 Å². The Morgan fingerprint density at radius 2 is 2.16 bits per heavy atom. The lowest BCUT2D eigenvalue weighted by molar-refractivity contribution is -0.130. The molecule has 2 aromatic rings. The van der Waals surface area contributed by atoms with E-state index in [0.29, 0.717) is 18.1 Å². The first-order valence-corrected chi connectivity index (χ1v) is 9.08. The topological polar surface area (TPSA) is 93.3 Å². The minimum atomic E-state index is -0.213. The molecule has 25 heavy (non-hydrogen) atoms. The predicted molar refractivity (Wildman–Crippen MR) is 96.1 cm³/mol. The number of amides is 2. The Morgan fingerprint density at radius 3 is 2.72 bits per heavy atom. The van der Waals surface area contributed by atoms with E-state index in [-0.39, 0.29) is 29.4 Å². The van der Waals surface area contributed by atoms with E-state index in [1.165, 1.54) is 11.8 Å². The maximum Gasteiger partial charge on any atom is 0.235 e. The van der Waals surface area contributed by atoms with Crippen LogP contribution in [-0.4, -0.2) is 49.2 Å². The van der Waals surface area contributed by atoms with Gasteiger partial charge in [-0.3, -0.25) is 14.3 Å². The summed E-state index contributed by atoms with van der Waals surface area (Å²) in [6.45, 7) is 6.20. The Balaban J connectivity index is 1.79. The number of aryl methyl sites for hydroxylation is 2. The summed E-state index contributed by atoms with van der Waals surface area (Å²) in [6.07, 6.45) is 3.65. The van der Waals surface area contributed by atoms with Gasteiger partial charge in [0.05, 0.1) is 17.7 Å². The van der Waals surface area contributed by atoms with Crippen molar-refractivity contribution in [1.82, 2.24) is 19.8 Å². The summed E-state index contributed by atoms with van der Waals surface area (Å²) < 4.78 is 6.60. The van der Waals surface area contributed by atoms with Crippen molar-refractivity contribution < 1.29 is 14.1 Å². The van der Waals surface area contributed by atoms with Crippen molar-refractivity contribution in [1.29, 1.82) is 0 Å². The van der Waals surface area contributed by atoms with Crippen LogP contribution in [0.1, 0.15) is 25.2 Å². The quantitative estimate of drug-likeness (QED) is 0.767. The van der Waals surface area contributed by atoms with E-state index in [4.69, 9.17) is 4.52 Å². The van der Waals surface area contributed by atoms with Gasteiger partial charge in [-0.2, -0.15) is 5.10 Å². The lowest BCUT2D eigenvalue weighted by Crippen LogP contribution is -2.37. The summed E-state index contributed by atoms with van der Waals surface area (Å²) in [6, 6.07) is 1.71. The molecule has 0 spiro atoms. The van der Waals surface area contributed by atoms with Gasteiger partial charge in [0, 0.05) is 37.5 Å². The molecule has 2 aromatic heterocycles. The predicted octanol–water partition coefficient (Wildman–Crippen LogP) is 1.83. The number of aromatic nitrogens is 3. The average molecular weight is 365 g/mol. The first kappa shape index (κ1) is 19.0. The lowest BCUT2D eigenvalue weighted by Gasteiger charge is -2.26. The van der Waals surface area contributed by atoms with Crippen molar-refractivity contribution in [3.05, 3.63) is 29.8 Å². The highest BCUT2D eigenvalue weighted by molar-refractivity contribution is 8.00. The van der Waals surface area contributed by atoms with Crippen molar-refractivity contribution in [2.24, 2.45) is 7.05 Å². The lowest BCUT2D eigenvalue weighted by atomic mass is 10.2. The molecule has 8 nitrogen and oxygen atoms in total. The Hall–Kier alpha value is -2.29. The highest BCUT2D eigenvalue weighted by Crippen LogP contribution is 2.12. The molecule has 2 rings (SSSR count). The van der Waals surface area contributed by atoms with Gasteiger partial charge in [0.15, 0.2) is 5.82 Å². The number of anilines is 1. The summed E-state index contributed by atoms with van der Waals surface area (Å²) in [7, 11) is 1.84. The second kappa shape index (κ2) is 8.70. The number of rotatable bonds is 8. The monoisotopic (exact) mass is 365 g/mol. The van der Waals surface area contributed by atoms with Crippen LogP contribution < -0.4 is 5.32 Å². The molecule has 0 saturated carbocycles. The zero-order valence-corrected chi connectivity index (χ0v) is 15.7. The van der Waals surface area contributed by atoms with Crippen molar-refractivity contribution >= 4 is 29.4 Å². The molecular formula is C16H23N5O3S. The molecular weight excluding hydrogens is 342 g/mol. The molecule has 0 radical (unpaired) electrons. The van der Waals surface area contributed by atoms with Crippen LogP contribution in [0, 0.1) is 6.92 Å². The van der Waals surface area contributed by atoms with Crippen LogP contribution in [0.2, 0.25) is 0 Å². The molecule has 0 aromatic carbocycles. The Labute approximate surface area is 150 Å². The fourth-order valence-corrected chi connectivity index (χ4v) is 2.93. The van der Waals surface area contributed by atoms with Crippen molar-refractivity contribution in [2.45, 2.75) is 33.4 Å². The van der Waals surface area contributed by atoms with Gasteiger partial charge in [0.1, 0.15) is 5.76 Å². The number of hydrogen-bond acceptors (Lipinski definition) is 6. The second-order valence-electron chi connectivity index (χ2n) is 6.00. The SMILES string of the molecule is Cc1cc(NC(=O)CSCC(=O)N(Cc2cnn(C)c2)C(C)C)no1. The third kappa shape index (κ3) is 5.93. The highest BCUT2D eigenvalue weighted by atomic mass is 32.2. The summed E-state index contributed by atoms with van der Waals surface area (Å²) in [5.74, 6) is 1.21. The maximum absolute atomic E-state index is 12.5. The minimum Gasteiger partial charge on any atom is -0.360 e. The van der Waals surface area contributed by atoms with E-state index in [9.17, 15) is 9.59 Å². The van der Waals surface area contributed by atoms with Crippen LogP contribution in [0.4, 0.5) is 5.82 Å². The molecule has 9 heteroatoms. The van der Waals surface area contributed by atoms with Gasteiger partial charge in [-0.25, -0.2) is 0 Å². The number of carbonyl (C=O) groups excluding carboxylic acids is 2. The van der Waals surface area contributed by atoms with Gasteiger partial charge in [0.2, 0.25) is 11.8 Å². The Bertz CT molecular complexity index is 725. The summed E-state index contributed by atoms with van der Waals surface area (Å²) in [4.78, 5) is 26.1. The number of hydrogen-bond donors (Lipinski definition) is 1. The third-order valence-electron chi connectivity index (χ3n) is 3.41. The smallest absolute Gasteiger partial charge is 0.235 e. The Kier molecular flexibility index (Phi) is 6.63. The summed E-state index contributed by atoms with van der Waals surface area (Å²) in [5, 5.41) is 10.5.